The molecule has 2 rings (SSSR count). The van der Waals surface area contributed by atoms with Crippen molar-refractivity contribution in [2.45, 2.75) is 0 Å². The average molecular weight is 249 g/mol. The lowest BCUT2D eigenvalue weighted by Gasteiger charge is -2.11. The van der Waals surface area contributed by atoms with Crippen molar-refractivity contribution in [2.24, 2.45) is 0 Å². The van der Waals surface area contributed by atoms with Gasteiger partial charge in [-0.05, 0) is 12.1 Å². The lowest BCUT2D eigenvalue weighted by Crippen LogP contribution is -1.91. The number of nitrogens with one attached hydrogen (secondary N) is 1. The van der Waals surface area contributed by atoms with Gasteiger partial charge in [-0.2, -0.15) is 0 Å². The summed E-state index contributed by atoms with van der Waals surface area (Å²) in [5.41, 5.74) is 0.224. The van der Waals surface area contributed by atoms with Crippen LogP contribution in [0.1, 0.15) is 0 Å². The summed E-state index contributed by atoms with van der Waals surface area (Å²) in [4.78, 5) is 0. The van der Waals surface area contributed by atoms with Crippen LogP contribution in [0.25, 0.3) is 0 Å². The first kappa shape index (κ1) is 11.7. The molecule has 18 heavy (non-hydrogen) atoms. The molecule has 0 bridgehead atoms. The van der Waals surface area contributed by atoms with E-state index in [4.69, 9.17) is 5.11 Å². The van der Waals surface area contributed by atoms with E-state index in [9.17, 15) is 20.4 Å². The number of aromatic hydroxyl groups is 5. The molecule has 6 N–H and O–H groups in total. The van der Waals surface area contributed by atoms with Crippen molar-refractivity contribution < 1.29 is 25.5 Å². The summed E-state index contributed by atoms with van der Waals surface area (Å²) in [6, 6.07) is 6.31. The van der Waals surface area contributed by atoms with Crippen LogP contribution in [0.4, 0.5) is 11.4 Å². The second-order valence-corrected chi connectivity index (χ2v) is 3.66. The predicted molar refractivity (Wildman–Crippen MR) is 64.5 cm³/mol. The number of benzene rings is 2. The van der Waals surface area contributed by atoms with Gasteiger partial charge >= 0.3 is 0 Å². The molecule has 0 spiro atoms. The quantitative estimate of drug-likeness (QED) is 0.358. The molecule has 0 atom stereocenters. The van der Waals surface area contributed by atoms with E-state index in [0.717, 1.165) is 12.1 Å². The van der Waals surface area contributed by atoms with Crippen molar-refractivity contribution in [3.63, 3.8) is 0 Å². The Bertz CT molecular complexity index is 597. The van der Waals surface area contributed by atoms with Gasteiger partial charge in [0, 0.05) is 12.1 Å². The normalized spacial score (nSPS) is 10.2. The number of phenolic OH excluding ortho intramolecular Hbond substituents is 5. The fourth-order valence-electron chi connectivity index (χ4n) is 1.44. The van der Waals surface area contributed by atoms with Crippen LogP contribution in [0.5, 0.6) is 28.7 Å². The monoisotopic (exact) mass is 249 g/mol. The van der Waals surface area contributed by atoms with Gasteiger partial charge in [-0.1, -0.05) is 6.07 Å². The van der Waals surface area contributed by atoms with Gasteiger partial charge in [0.2, 0.25) is 0 Å². The molecule has 0 saturated heterocycles. The Morgan fingerprint density at radius 2 is 1.33 bits per heavy atom. The molecule has 0 aliphatic rings. The summed E-state index contributed by atoms with van der Waals surface area (Å²) in [6.45, 7) is 0. The van der Waals surface area contributed by atoms with Gasteiger partial charge in [-0.3, -0.25) is 0 Å². The Morgan fingerprint density at radius 3 is 2.06 bits per heavy atom. The highest BCUT2D eigenvalue weighted by molar-refractivity contribution is 5.74. The highest BCUT2D eigenvalue weighted by atomic mass is 16.3. The van der Waals surface area contributed by atoms with Crippen LogP contribution in [-0.4, -0.2) is 25.5 Å². The third-order valence-corrected chi connectivity index (χ3v) is 2.38. The number of para-hydroxylation sites is 1. The molecular weight excluding hydrogens is 238 g/mol. The minimum Gasteiger partial charge on any atom is -0.506 e. The van der Waals surface area contributed by atoms with Gasteiger partial charge in [0.25, 0.3) is 0 Å². The molecule has 0 aliphatic heterocycles. The van der Waals surface area contributed by atoms with Gasteiger partial charge in [-0.15, -0.1) is 0 Å². The molecule has 0 aromatic heterocycles. The fourth-order valence-corrected chi connectivity index (χ4v) is 1.44. The molecule has 2 aromatic rings. The van der Waals surface area contributed by atoms with E-state index >= 15 is 0 Å². The van der Waals surface area contributed by atoms with Crippen molar-refractivity contribution in [3.05, 3.63) is 30.3 Å². The standard InChI is InChI=1S/C12H11NO5/c14-8-3-1-2-6(12(8)18)13-7-4-10(16)11(17)5-9(7)15/h1-5,13-18H. The molecule has 6 nitrogen and oxygen atoms in total. The lowest BCUT2D eigenvalue weighted by atomic mass is 10.2. The van der Waals surface area contributed by atoms with Crippen molar-refractivity contribution in [2.75, 3.05) is 5.32 Å². The number of phenols is 5. The topological polar surface area (TPSA) is 113 Å². The van der Waals surface area contributed by atoms with E-state index in [2.05, 4.69) is 5.32 Å². The number of anilines is 2. The predicted octanol–water partition coefficient (Wildman–Crippen LogP) is 1.96. The molecule has 0 fully saturated rings. The van der Waals surface area contributed by atoms with Crippen molar-refractivity contribution in [1.29, 1.82) is 0 Å². The van der Waals surface area contributed by atoms with Crippen LogP contribution in [0.2, 0.25) is 0 Å². The molecule has 94 valence electrons. The van der Waals surface area contributed by atoms with Crippen molar-refractivity contribution in [3.8, 4) is 28.7 Å². The van der Waals surface area contributed by atoms with Gasteiger partial charge < -0.3 is 30.8 Å². The van der Waals surface area contributed by atoms with Crippen molar-refractivity contribution >= 4 is 11.4 Å². The third-order valence-electron chi connectivity index (χ3n) is 2.38. The second-order valence-electron chi connectivity index (χ2n) is 3.66. The molecule has 2 aromatic carbocycles. The number of hydrogen-bond acceptors (Lipinski definition) is 6. The minimum atomic E-state index is -0.460. The minimum absolute atomic E-state index is 0.0752. The SMILES string of the molecule is Oc1cc(O)c(Nc2cccc(O)c2O)cc1O. The Hall–Kier alpha value is -2.76. The molecule has 0 amide bonds. The van der Waals surface area contributed by atoms with Crippen LogP contribution in [0, 0.1) is 0 Å². The number of hydrogen-bond donors (Lipinski definition) is 6. The molecule has 0 heterocycles. The summed E-state index contributed by atoms with van der Waals surface area (Å²) >= 11 is 0. The van der Waals surface area contributed by atoms with E-state index in [1.165, 1.54) is 18.2 Å². The zero-order chi connectivity index (χ0) is 13.3. The highest BCUT2D eigenvalue weighted by Crippen LogP contribution is 2.40. The van der Waals surface area contributed by atoms with Crippen molar-refractivity contribution in [1.82, 2.24) is 0 Å². The lowest BCUT2D eigenvalue weighted by molar-refractivity contribution is 0.397. The van der Waals surface area contributed by atoms with Gasteiger partial charge in [-0.25, -0.2) is 0 Å². The first-order valence-electron chi connectivity index (χ1n) is 5.02. The van der Waals surface area contributed by atoms with Gasteiger partial charge in [0.15, 0.2) is 23.0 Å². The Kier molecular flexibility index (Phi) is 2.77. The Labute approximate surface area is 102 Å². The van der Waals surface area contributed by atoms with E-state index < -0.39 is 11.5 Å². The maximum Gasteiger partial charge on any atom is 0.181 e. The second kappa shape index (κ2) is 4.25. The van der Waals surface area contributed by atoms with E-state index in [1.807, 2.05) is 0 Å². The summed E-state index contributed by atoms with van der Waals surface area (Å²) in [6.07, 6.45) is 0. The number of rotatable bonds is 2. The summed E-state index contributed by atoms with van der Waals surface area (Å²) in [5, 5.41) is 49.5. The van der Waals surface area contributed by atoms with Crippen LogP contribution in [0.3, 0.4) is 0 Å². The molecule has 0 saturated carbocycles. The zero-order valence-corrected chi connectivity index (χ0v) is 9.12. The fraction of sp³-hybridized carbons (Fsp3) is 0. The Balaban J connectivity index is 2.40. The van der Waals surface area contributed by atoms with Crippen LogP contribution >= 0.6 is 0 Å². The average Bonchev–Trinajstić information content (AvgIpc) is 2.32. The largest absolute Gasteiger partial charge is 0.506 e. The van der Waals surface area contributed by atoms with Gasteiger partial charge in [0.05, 0.1) is 11.4 Å². The molecule has 0 radical (unpaired) electrons. The molecular formula is C12H11NO5. The molecule has 0 aliphatic carbocycles. The third kappa shape index (κ3) is 2.03. The first-order chi connectivity index (χ1) is 8.49. The van der Waals surface area contributed by atoms with Crippen LogP contribution in [-0.2, 0) is 0 Å². The van der Waals surface area contributed by atoms with Crippen LogP contribution in [0.15, 0.2) is 30.3 Å². The van der Waals surface area contributed by atoms with E-state index in [0.29, 0.717) is 0 Å². The first-order valence-corrected chi connectivity index (χ1v) is 5.02. The zero-order valence-electron chi connectivity index (χ0n) is 9.12. The van der Waals surface area contributed by atoms with E-state index in [-0.39, 0.29) is 28.6 Å². The molecule has 6 heteroatoms. The summed E-state index contributed by atoms with van der Waals surface area (Å²) in [7, 11) is 0. The maximum absolute atomic E-state index is 9.57. The summed E-state index contributed by atoms with van der Waals surface area (Å²) in [5.74, 6) is -1.90. The van der Waals surface area contributed by atoms with E-state index in [1.54, 1.807) is 0 Å². The molecule has 0 unspecified atom stereocenters. The van der Waals surface area contributed by atoms with Crippen LogP contribution < -0.4 is 5.32 Å². The maximum atomic E-state index is 9.57. The smallest absolute Gasteiger partial charge is 0.181 e. The summed E-state index contributed by atoms with van der Waals surface area (Å²) < 4.78 is 0. The highest BCUT2D eigenvalue weighted by Gasteiger charge is 2.11. The Morgan fingerprint density at radius 1 is 0.667 bits per heavy atom. The van der Waals surface area contributed by atoms with Gasteiger partial charge in [0.1, 0.15) is 5.75 Å².